The highest BCUT2D eigenvalue weighted by molar-refractivity contribution is 7.09. The summed E-state index contributed by atoms with van der Waals surface area (Å²) in [5.74, 6) is -0.0691. The first-order valence-electron chi connectivity index (χ1n) is 6.72. The number of hydrogen-bond donors (Lipinski definition) is 2. The Morgan fingerprint density at radius 3 is 3.00 bits per heavy atom. The molecule has 0 spiro atoms. The molecule has 19 heavy (non-hydrogen) atoms. The molecule has 1 aliphatic carbocycles. The largest absolute Gasteiger partial charge is 0.348 e. The average Bonchev–Trinajstić information content (AvgIpc) is 2.88. The van der Waals surface area contributed by atoms with Gasteiger partial charge in [-0.05, 0) is 39.8 Å². The molecule has 1 saturated carbocycles. The van der Waals surface area contributed by atoms with E-state index < -0.39 is 0 Å². The Hall–Kier alpha value is -0.980. The summed E-state index contributed by atoms with van der Waals surface area (Å²) in [7, 11) is 4.20. The van der Waals surface area contributed by atoms with Gasteiger partial charge in [-0.2, -0.15) is 0 Å². The Morgan fingerprint density at radius 1 is 1.58 bits per heavy atom. The molecule has 0 radical (unpaired) electrons. The van der Waals surface area contributed by atoms with E-state index in [1.165, 1.54) is 24.2 Å². The highest BCUT2D eigenvalue weighted by Gasteiger charge is 2.25. The molecule has 3 N–H and O–H groups in total. The first-order valence-corrected chi connectivity index (χ1v) is 7.60. The van der Waals surface area contributed by atoms with Crippen molar-refractivity contribution in [1.82, 2.24) is 15.2 Å². The second-order valence-electron chi connectivity index (χ2n) is 5.29. The van der Waals surface area contributed by atoms with Crippen LogP contribution in [0.5, 0.6) is 0 Å². The van der Waals surface area contributed by atoms with Crippen LogP contribution in [0.4, 0.5) is 0 Å². The molecule has 1 aromatic rings. The fraction of sp³-hybridized carbons (Fsp3) is 0.692. The molecule has 0 aromatic carbocycles. The Morgan fingerprint density at radius 2 is 2.37 bits per heavy atom. The summed E-state index contributed by atoms with van der Waals surface area (Å²) in [6.45, 7) is 0.393. The number of nitrogens with zero attached hydrogens (tertiary/aromatic N) is 2. The Bertz CT molecular complexity index is 432. The van der Waals surface area contributed by atoms with Crippen molar-refractivity contribution >= 4 is 17.2 Å². The SMILES string of the molecule is CN(C)C1CCCC(NC(=O)c2csc(CN)n2)C1. The zero-order chi connectivity index (χ0) is 13.8. The van der Waals surface area contributed by atoms with Crippen LogP contribution in [0.25, 0.3) is 0 Å². The summed E-state index contributed by atoms with van der Waals surface area (Å²) >= 11 is 1.44. The van der Waals surface area contributed by atoms with Gasteiger partial charge in [0.05, 0.1) is 0 Å². The highest BCUT2D eigenvalue weighted by atomic mass is 32.1. The molecule has 1 aromatic heterocycles. The van der Waals surface area contributed by atoms with Gasteiger partial charge in [0.1, 0.15) is 10.7 Å². The summed E-state index contributed by atoms with van der Waals surface area (Å²) < 4.78 is 0. The minimum Gasteiger partial charge on any atom is -0.348 e. The third-order valence-corrected chi connectivity index (χ3v) is 4.54. The Labute approximate surface area is 118 Å². The van der Waals surface area contributed by atoms with Crippen LogP contribution in [0.15, 0.2) is 5.38 Å². The number of nitrogens with two attached hydrogens (primary N) is 1. The molecule has 6 heteroatoms. The van der Waals surface area contributed by atoms with Crippen molar-refractivity contribution in [2.45, 2.75) is 44.3 Å². The number of carbonyl (C=O) groups excluding carboxylic acids is 1. The first kappa shape index (κ1) is 14.4. The summed E-state index contributed by atoms with van der Waals surface area (Å²) in [6.07, 6.45) is 4.46. The van der Waals surface area contributed by atoms with Gasteiger partial charge in [-0.1, -0.05) is 0 Å². The minimum absolute atomic E-state index is 0.0691. The van der Waals surface area contributed by atoms with Crippen molar-refractivity contribution in [3.05, 3.63) is 16.1 Å². The molecule has 1 heterocycles. The lowest BCUT2D eigenvalue weighted by Gasteiger charge is -2.33. The Kier molecular flexibility index (Phi) is 4.90. The van der Waals surface area contributed by atoms with E-state index in [1.807, 2.05) is 0 Å². The van der Waals surface area contributed by atoms with Crippen LogP contribution in [0.3, 0.4) is 0 Å². The summed E-state index contributed by atoms with van der Waals surface area (Å²) in [5.41, 5.74) is 6.01. The van der Waals surface area contributed by atoms with Crippen LogP contribution in [0.1, 0.15) is 41.2 Å². The number of hydrogen-bond acceptors (Lipinski definition) is 5. The van der Waals surface area contributed by atoms with Gasteiger partial charge in [0.25, 0.3) is 5.91 Å². The van der Waals surface area contributed by atoms with Gasteiger partial charge in [0.15, 0.2) is 0 Å². The van der Waals surface area contributed by atoms with E-state index in [1.54, 1.807) is 5.38 Å². The third kappa shape index (κ3) is 3.75. The minimum atomic E-state index is -0.0691. The molecule has 2 rings (SSSR count). The number of carbonyl (C=O) groups is 1. The van der Waals surface area contributed by atoms with Gasteiger partial charge >= 0.3 is 0 Å². The second-order valence-corrected chi connectivity index (χ2v) is 6.23. The zero-order valence-electron chi connectivity index (χ0n) is 11.6. The number of rotatable bonds is 4. The number of amides is 1. The van der Waals surface area contributed by atoms with Gasteiger partial charge in [-0.15, -0.1) is 11.3 Å². The quantitative estimate of drug-likeness (QED) is 0.870. The molecule has 0 bridgehead atoms. The molecule has 1 amide bonds. The van der Waals surface area contributed by atoms with Crippen LogP contribution in [0.2, 0.25) is 0 Å². The normalized spacial score (nSPS) is 23.6. The molecular weight excluding hydrogens is 260 g/mol. The van der Waals surface area contributed by atoms with E-state index in [-0.39, 0.29) is 11.9 Å². The molecule has 2 atom stereocenters. The van der Waals surface area contributed by atoms with Crippen molar-refractivity contribution in [3.63, 3.8) is 0 Å². The second kappa shape index (κ2) is 6.45. The lowest BCUT2D eigenvalue weighted by molar-refractivity contribution is 0.0906. The van der Waals surface area contributed by atoms with Crippen molar-refractivity contribution in [3.8, 4) is 0 Å². The predicted octanol–water partition coefficient (Wildman–Crippen LogP) is 1.20. The topological polar surface area (TPSA) is 71.2 Å². The fourth-order valence-electron chi connectivity index (χ4n) is 2.53. The van der Waals surface area contributed by atoms with E-state index in [0.717, 1.165) is 17.8 Å². The van der Waals surface area contributed by atoms with Gasteiger partial charge < -0.3 is 16.0 Å². The van der Waals surface area contributed by atoms with E-state index in [0.29, 0.717) is 18.3 Å². The third-order valence-electron chi connectivity index (χ3n) is 3.67. The molecule has 106 valence electrons. The molecule has 1 aliphatic rings. The van der Waals surface area contributed by atoms with Gasteiger partial charge in [-0.3, -0.25) is 4.79 Å². The molecule has 5 nitrogen and oxygen atoms in total. The molecular formula is C13H22N4OS. The maximum absolute atomic E-state index is 12.1. The van der Waals surface area contributed by atoms with Crippen molar-refractivity contribution in [2.75, 3.05) is 14.1 Å². The lowest BCUT2D eigenvalue weighted by atomic mass is 9.90. The predicted molar refractivity (Wildman–Crippen MR) is 77.2 cm³/mol. The average molecular weight is 282 g/mol. The monoisotopic (exact) mass is 282 g/mol. The van der Waals surface area contributed by atoms with Crippen molar-refractivity contribution in [2.24, 2.45) is 5.73 Å². The Balaban J connectivity index is 1.91. The van der Waals surface area contributed by atoms with Crippen LogP contribution < -0.4 is 11.1 Å². The molecule has 2 unspecified atom stereocenters. The van der Waals surface area contributed by atoms with E-state index in [4.69, 9.17) is 5.73 Å². The standard InChI is InChI=1S/C13H22N4OS/c1-17(2)10-5-3-4-9(6-10)15-13(18)11-8-19-12(7-14)16-11/h8-10H,3-7,14H2,1-2H3,(H,15,18). The number of thiazole rings is 1. The summed E-state index contributed by atoms with van der Waals surface area (Å²) in [5, 5.41) is 5.68. The van der Waals surface area contributed by atoms with Gasteiger partial charge in [-0.25, -0.2) is 4.98 Å². The lowest BCUT2D eigenvalue weighted by Crippen LogP contribution is -2.43. The number of nitrogens with one attached hydrogen (secondary N) is 1. The summed E-state index contributed by atoms with van der Waals surface area (Å²) in [4.78, 5) is 18.6. The maximum Gasteiger partial charge on any atom is 0.270 e. The van der Waals surface area contributed by atoms with E-state index in [9.17, 15) is 4.79 Å². The van der Waals surface area contributed by atoms with Gasteiger partial charge in [0.2, 0.25) is 0 Å². The molecule has 0 saturated heterocycles. The zero-order valence-corrected chi connectivity index (χ0v) is 12.4. The number of aromatic nitrogens is 1. The van der Waals surface area contributed by atoms with Crippen LogP contribution in [-0.2, 0) is 6.54 Å². The fourth-order valence-corrected chi connectivity index (χ4v) is 3.19. The van der Waals surface area contributed by atoms with Crippen LogP contribution >= 0.6 is 11.3 Å². The van der Waals surface area contributed by atoms with Crippen LogP contribution in [-0.4, -0.2) is 42.0 Å². The van der Waals surface area contributed by atoms with E-state index in [2.05, 4.69) is 29.3 Å². The highest BCUT2D eigenvalue weighted by Crippen LogP contribution is 2.22. The first-order chi connectivity index (χ1) is 9.10. The molecule has 0 aliphatic heterocycles. The summed E-state index contributed by atoms with van der Waals surface area (Å²) in [6, 6.07) is 0.825. The maximum atomic E-state index is 12.1. The van der Waals surface area contributed by atoms with Crippen molar-refractivity contribution in [1.29, 1.82) is 0 Å². The molecule has 1 fully saturated rings. The van der Waals surface area contributed by atoms with Crippen LogP contribution in [0, 0.1) is 0 Å². The van der Waals surface area contributed by atoms with Crippen molar-refractivity contribution < 1.29 is 4.79 Å². The smallest absolute Gasteiger partial charge is 0.270 e. The van der Waals surface area contributed by atoms with Gasteiger partial charge in [0, 0.05) is 24.0 Å². The van der Waals surface area contributed by atoms with E-state index >= 15 is 0 Å².